The van der Waals surface area contributed by atoms with Crippen molar-refractivity contribution >= 4 is 26.5 Å². The van der Waals surface area contributed by atoms with Gasteiger partial charge in [-0.2, -0.15) is 0 Å². The van der Waals surface area contributed by atoms with Gasteiger partial charge in [-0.25, -0.2) is 17.8 Å². The number of benzene rings is 1. The van der Waals surface area contributed by atoms with E-state index in [2.05, 4.69) is 9.97 Å². The highest BCUT2D eigenvalue weighted by molar-refractivity contribution is 7.91. The van der Waals surface area contributed by atoms with Gasteiger partial charge < -0.3 is 0 Å². The molecule has 1 aliphatic carbocycles. The highest BCUT2D eigenvalue weighted by atomic mass is 32.2. The van der Waals surface area contributed by atoms with E-state index in [1.165, 1.54) is 47.6 Å². The number of hydrogen-bond donors (Lipinski definition) is 0. The number of carbonyl (C=O) groups is 1. The molecule has 0 N–H and O–H groups in total. The molecule has 34 heavy (non-hydrogen) atoms. The third-order valence-corrected chi connectivity index (χ3v) is 8.36. The van der Waals surface area contributed by atoms with Crippen LogP contribution in [0.25, 0.3) is 10.9 Å². The minimum atomic E-state index is -3.44. The predicted molar refractivity (Wildman–Crippen MR) is 127 cm³/mol. The van der Waals surface area contributed by atoms with Crippen molar-refractivity contribution in [1.82, 2.24) is 14.5 Å². The molecule has 4 rings (SSSR count). The second-order valence-electron chi connectivity index (χ2n) is 8.91. The zero-order valence-electron chi connectivity index (χ0n) is 19.1. The average molecular weight is 486 g/mol. The monoisotopic (exact) mass is 485 g/mol. The SMILES string of the molecule is CCS(=O)(=O)c1ccc2c(=O)n(C(CC3CCCCC3)C(=O)Cc3ccc(F)cn3)cnc2c1. The summed E-state index contributed by atoms with van der Waals surface area (Å²) in [5.41, 5.74) is 0.336. The molecule has 1 aliphatic rings. The molecule has 1 saturated carbocycles. The summed E-state index contributed by atoms with van der Waals surface area (Å²) in [5, 5.41) is 0.263. The van der Waals surface area contributed by atoms with E-state index in [4.69, 9.17) is 0 Å². The predicted octanol–water partition coefficient (Wildman–Crippen LogP) is 4.05. The lowest BCUT2D eigenvalue weighted by atomic mass is 9.83. The lowest BCUT2D eigenvalue weighted by Gasteiger charge is -2.27. The first-order valence-electron chi connectivity index (χ1n) is 11.7. The van der Waals surface area contributed by atoms with Crippen LogP contribution >= 0.6 is 0 Å². The van der Waals surface area contributed by atoms with Crippen molar-refractivity contribution in [2.75, 3.05) is 5.75 Å². The van der Waals surface area contributed by atoms with Crippen molar-refractivity contribution in [3.8, 4) is 0 Å². The smallest absolute Gasteiger partial charge is 0.261 e. The molecule has 0 radical (unpaired) electrons. The maximum Gasteiger partial charge on any atom is 0.261 e. The fourth-order valence-electron chi connectivity index (χ4n) is 4.64. The number of ketones is 1. The molecule has 180 valence electrons. The van der Waals surface area contributed by atoms with Crippen LogP contribution in [0.15, 0.2) is 52.5 Å². The zero-order valence-corrected chi connectivity index (χ0v) is 19.9. The minimum Gasteiger partial charge on any atom is -0.297 e. The van der Waals surface area contributed by atoms with Gasteiger partial charge in [-0.3, -0.25) is 19.1 Å². The van der Waals surface area contributed by atoms with Crippen molar-refractivity contribution in [2.45, 2.75) is 62.8 Å². The first-order chi connectivity index (χ1) is 16.3. The summed E-state index contributed by atoms with van der Waals surface area (Å²) in [6.45, 7) is 1.56. The van der Waals surface area contributed by atoms with Gasteiger partial charge in [-0.15, -0.1) is 0 Å². The standard InChI is InChI=1S/C25H28FN3O4S/c1-2-34(32,33)20-10-11-21-22(14-20)28-16-29(25(21)31)23(12-17-6-4-3-5-7-17)24(30)13-19-9-8-18(26)15-27-19/h8-11,14-17,23H,2-7,12-13H2,1H3. The van der Waals surface area contributed by atoms with E-state index in [0.717, 1.165) is 31.9 Å². The van der Waals surface area contributed by atoms with Gasteiger partial charge in [0.05, 0.1) is 46.5 Å². The van der Waals surface area contributed by atoms with Crippen molar-refractivity contribution < 1.29 is 17.6 Å². The Balaban J connectivity index is 1.71. The Hall–Kier alpha value is -2.94. The van der Waals surface area contributed by atoms with E-state index < -0.39 is 21.7 Å². The molecule has 1 aromatic carbocycles. The Kier molecular flexibility index (Phi) is 7.21. The molecule has 0 aliphatic heterocycles. The molecular weight excluding hydrogens is 457 g/mol. The number of fused-ring (bicyclic) bond motifs is 1. The van der Waals surface area contributed by atoms with Crippen LogP contribution in [-0.4, -0.2) is 34.5 Å². The summed E-state index contributed by atoms with van der Waals surface area (Å²) in [5.74, 6) is -0.388. The Morgan fingerprint density at radius 1 is 1.15 bits per heavy atom. The summed E-state index contributed by atoms with van der Waals surface area (Å²) in [6, 6.07) is 6.29. The van der Waals surface area contributed by atoms with E-state index in [1.807, 2.05) is 0 Å². The number of sulfone groups is 1. The number of hydrogen-bond acceptors (Lipinski definition) is 6. The van der Waals surface area contributed by atoms with E-state index in [-0.39, 0.29) is 39.3 Å². The third kappa shape index (κ3) is 5.24. The fraction of sp³-hybridized carbons (Fsp3) is 0.440. The van der Waals surface area contributed by atoms with E-state index in [0.29, 0.717) is 18.0 Å². The van der Waals surface area contributed by atoms with Crippen molar-refractivity contribution in [3.63, 3.8) is 0 Å². The van der Waals surface area contributed by atoms with E-state index in [9.17, 15) is 22.4 Å². The normalized spacial score (nSPS) is 15.9. The van der Waals surface area contributed by atoms with Gasteiger partial charge in [0.25, 0.3) is 5.56 Å². The highest BCUT2D eigenvalue weighted by Gasteiger charge is 2.28. The zero-order chi connectivity index (χ0) is 24.3. The summed E-state index contributed by atoms with van der Waals surface area (Å²) < 4.78 is 39.1. The quantitative estimate of drug-likeness (QED) is 0.477. The number of aromatic nitrogens is 3. The molecule has 1 atom stereocenters. The van der Waals surface area contributed by atoms with E-state index in [1.54, 1.807) is 6.92 Å². The van der Waals surface area contributed by atoms with Crippen LogP contribution in [0.3, 0.4) is 0 Å². The highest BCUT2D eigenvalue weighted by Crippen LogP contribution is 2.31. The third-order valence-electron chi connectivity index (χ3n) is 6.63. The second-order valence-corrected chi connectivity index (χ2v) is 11.2. The summed E-state index contributed by atoms with van der Waals surface area (Å²) >= 11 is 0. The molecule has 0 bridgehead atoms. The Morgan fingerprint density at radius 2 is 1.91 bits per heavy atom. The molecule has 2 heterocycles. The van der Waals surface area contributed by atoms with Crippen LogP contribution in [0.5, 0.6) is 0 Å². The number of carbonyl (C=O) groups excluding carboxylic acids is 1. The molecular formula is C25H28FN3O4S. The topological polar surface area (TPSA) is 99.0 Å². The molecule has 9 heteroatoms. The Morgan fingerprint density at radius 3 is 2.59 bits per heavy atom. The Bertz CT molecular complexity index is 1350. The second kappa shape index (κ2) is 10.1. The number of nitrogens with zero attached hydrogens (tertiary/aromatic N) is 3. The largest absolute Gasteiger partial charge is 0.297 e. The molecule has 1 fully saturated rings. The van der Waals surface area contributed by atoms with Crippen molar-refractivity contribution in [2.24, 2.45) is 5.92 Å². The van der Waals surface area contributed by atoms with Gasteiger partial charge in [0.1, 0.15) is 5.82 Å². The number of Topliss-reactive ketones (excluding diaryl/α,β-unsaturated/α-hetero) is 1. The lowest BCUT2D eigenvalue weighted by Crippen LogP contribution is -2.33. The van der Waals surface area contributed by atoms with Gasteiger partial charge in [-0.05, 0) is 42.7 Å². The van der Waals surface area contributed by atoms with E-state index >= 15 is 0 Å². The molecule has 1 unspecified atom stereocenters. The van der Waals surface area contributed by atoms with Gasteiger partial charge in [0, 0.05) is 5.69 Å². The number of rotatable bonds is 8. The van der Waals surface area contributed by atoms with Crippen molar-refractivity contribution in [3.05, 3.63) is 64.7 Å². The Labute approximate surface area is 198 Å². The molecule has 0 amide bonds. The maximum absolute atomic E-state index is 13.4. The van der Waals surface area contributed by atoms with Gasteiger partial charge in [0.15, 0.2) is 15.6 Å². The molecule has 7 nitrogen and oxygen atoms in total. The average Bonchev–Trinajstić information content (AvgIpc) is 2.85. The van der Waals surface area contributed by atoms with Crippen LogP contribution in [-0.2, 0) is 21.1 Å². The maximum atomic E-state index is 13.4. The lowest BCUT2D eigenvalue weighted by molar-refractivity contribution is -0.122. The van der Waals surface area contributed by atoms with Crippen LogP contribution in [0, 0.1) is 11.7 Å². The van der Waals surface area contributed by atoms with Gasteiger partial charge in [0.2, 0.25) is 0 Å². The van der Waals surface area contributed by atoms with Crippen LogP contribution in [0.4, 0.5) is 4.39 Å². The van der Waals surface area contributed by atoms with Crippen LogP contribution in [0.1, 0.15) is 57.2 Å². The number of halogens is 1. The van der Waals surface area contributed by atoms with Crippen LogP contribution < -0.4 is 5.56 Å². The first-order valence-corrected chi connectivity index (χ1v) is 13.3. The number of pyridine rings is 1. The molecule has 3 aromatic rings. The van der Waals surface area contributed by atoms with Gasteiger partial charge >= 0.3 is 0 Å². The van der Waals surface area contributed by atoms with Gasteiger partial charge in [-0.1, -0.05) is 39.0 Å². The molecule has 2 aromatic heterocycles. The van der Waals surface area contributed by atoms with Crippen LogP contribution in [0.2, 0.25) is 0 Å². The molecule has 0 saturated heterocycles. The molecule has 0 spiro atoms. The first kappa shape index (κ1) is 24.2. The fourth-order valence-corrected chi connectivity index (χ4v) is 5.54. The summed E-state index contributed by atoms with van der Waals surface area (Å²) in [6.07, 6.45) is 8.32. The van der Waals surface area contributed by atoms with Crippen molar-refractivity contribution in [1.29, 1.82) is 0 Å². The summed E-state index contributed by atoms with van der Waals surface area (Å²) in [4.78, 5) is 35.2. The minimum absolute atomic E-state index is 0.0180. The summed E-state index contributed by atoms with van der Waals surface area (Å²) in [7, 11) is -3.44.